The summed E-state index contributed by atoms with van der Waals surface area (Å²) in [6, 6.07) is 2.60. The molecule has 1 atom stereocenters. The predicted octanol–water partition coefficient (Wildman–Crippen LogP) is 1.95. The van der Waals surface area contributed by atoms with Crippen LogP contribution in [0.2, 0.25) is 0 Å². The van der Waals surface area contributed by atoms with Crippen LogP contribution in [0.15, 0.2) is 35.4 Å². The van der Waals surface area contributed by atoms with Gasteiger partial charge in [-0.2, -0.15) is 18.2 Å². The lowest BCUT2D eigenvalue weighted by Gasteiger charge is -2.39. The molecular weight excluding hydrogens is 363 g/mol. The normalized spacial score (nSPS) is 20.5. The molecule has 0 bridgehead atoms. The Labute approximate surface area is 153 Å². The van der Waals surface area contributed by atoms with Gasteiger partial charge in [-0.3, -0.25) is 19.2 Å². The molecule has 1 saturated heterocycles. The van der Waals surface area contributed by atoms with Gasteiger partial charge in [-0.25, -0.2) is 0 Å². The van der Waals surface area contributed by atoms with E-state index in [0.717, 1.165) is 4.90 Å². The molecule has 0 aliphatic carbocycles. The second kappa shape index (κ2) is 6.84. The van der Waals surface area contributed by atoms with E-state index in [2.05, 4.69) is 9.97 Å². The zero-order valence-corrected chi connectivity index (χ0v) is 14.4. The zero-order chi connectivity index (χ0) is 19.0. The highest BCUT2D eigenvalue weighted by atomic mass is 19.4. The van der Waals surface area contributed by atoms with E-state index in [1.807, 2.05) is 4.90 Å². The summed E-state index contributed by atoms with van der Waals surface area (Å²) in [5.74, 6) is 0.375. The van der Waals surface area contributed by atoms with E-state index in [0.29, 0.717) is 37.8 Å². The van der Waals surface area contributed by atoms with Crippen LogP contribution < -0.4 is 15.4 Å². The van der Waals surface area contributed by atoms with E-state index >= 15 is 0 Å². The first-order valence-corrected chi connectivity index (χ1v) is 8.66. The van der Waals surface area contributed by atoms with Crippen molar-refractivity contribution in [3.8, 4) is 0 Å². The largest absolute Gasteiger partial charge is 0.409 e. The molecule has 0 N–H and O–H groups in total. The number of aromatic nitrogens is 3. The molecule has 0 aromatic carbocycles. The van der Waals surface area contributed by atoms with Crippen LogP contribution in [0.1, 0.15) is 6.42 Å². The van der Waals surface area contributed by atoms with Crippen molar-refractivity contribution in [3.05, 3.63) is 40.9 Å². The topological polar surface area (TPSA) is 63.5 Å². The third kappa shape index (κ3) is 3.36. The van der Waals surface area contributed by atoms with Crippen molar-refractivity contribution in [2.75, 3.05) is 36.1 Å². The summed E-state index contributed by atoms with van der Waals surface area (Å²) in [5, 5.41) is 0. The number of hydrogen-bond acceptors (Lipinski definition) is 6. The van der Waals surface area contributed by atoms with Gasteiger partial charge in [0, 0.05) is 43.8 Å². The minimum atomic E-state index is -4.46. The van der Waals surface area contributed by atoms with Crippen LogP contribution in [0.4, 0.5) is 30.6 Å². The fourth-order valence-corrected chi connectivity index (χ4v) is 3.46. The van der Waals surface area contributed by atoms with Crippen molar-refractivity contribution in [1.82, 2.24) is 14.5 Å². The van der Waals surface area contributed by atoms with Gasteiger partial charge >= 0.3 is 6.18 Å². The molecule has 2 aromatic rings. The van der Waals surface area contributed by atoms with Gasteiger partial charge in [-0.05, 0) is 18.6 Å². The molecule has 2 aliphatic heterocycles. The number of fused-ring (bicyclic) bond motifs is 1. The molecule has 2 aliphatic rings. The van der Waals surface area contributed by atoms with E-state index < -0.39 is 12.2 Å². The smallest absolute Gasteiger partial charge is 0.378 e. The van der Waals surface area contributed by atoms with Crippen molar-refractivity contribution < 1.29 is 17.9 Å². The third-order valence-electron chi connectivity index (χ3n) is 4.78. The Balaban J connectivity index is 1.85. The van der Waals surface area contributed by atoms with Gasteiger partial charge in [-0.1, -0.05) is 0 Å². The van der Waals surface area contributed by atoms with Gasteiger partial charge in [0.1, 0.15) is 11.9 Å². The van der Waals surface area contributed by atoms with Crippen LogP contribution in [-0.2, 0) is 11.3 Å². The number of pyridine rings is 1. The molecule has 2 aromatic heterocycles. The van der Waals surface area contributed by atoms with Gasteiger partial charge < -0.3 is 9.64 Å². The maximum Gasteiger partial charge on any atom is 0.409 e. The number of hydrogen-bond donors (Lipinski definition) is 0. The van der Waals surface area contributed by atoms with Crippen LogP contribution in [0, 0.1) is 0 Å². The minimum absolute atomic E-state index is 0.00349. The number of ether oxygens (including phenoxy) is 1. The summed E-state index contributed by atoms with van der Waals surface area (Å²) in [7, 11) is 0. The highest BCUT2D eigenvalue weighted by molar-refractivity contribution is 5.61. The van der Waals surface area contributed by atoms with Crippen molar-refractivity contribution in [1.29, 1.82) is 0 Å². The van der Waals surface area contributed by atoms with Gasteiger partial charge in [0.15, 0.2) is 0 Å². The first kappa shape index (κ1) is 17.8. The summed E-state index contributed by atoms with van der Waals surface area (Å²) in [6.45, 7) is 2.01. The number of rotatable bonds is 2. The highest BCUT2D eigenvalue weighted by Crippen LogP contribution is 2.38. The Morgan fingerprint density at radius 2 is 1.81 bits per heavy atom. The predicted molar refractivity (Wildman–Crippen MR) is 92.4 cm³/mol. The van der Waals surface area contributed by atoms with Crippen LogP contribution in [0.25, 0.3) is 0 Å². The van der Waals surface area contributed by atoms with Gasteiger partial charge in [0.25, 0.3) is 5.56 Å². The van der Waals surface area contributed by atoms with E-state index in [9.17, 15) is 18.0 Å². The Kier molecular flexibility index (Phi) is 4.50. The summed E-state index contributed by atoms with van der Waals surface area (Å²) in [6.07, 6.45) is -1.84. The molecule has 0 radical (unpaired) electrons. The number of alkyl halides is 3. The fraction of sp³-hybridized carbons (Fsp3) is 0.471. The zero-order valence-electron chi connectivity index (χ0n) is 14.4. The molecule has 1 fully saturated rings. The molecule has 0 amide bonds. The van der Waals surface area contributed by atoms with E-state index in [1.165, 1.54) is 35.2 Å². The number of anilines is 3. The lowest BCUT2D eigenvalue weighted by atomic mass is 10.1. The Bertz CT molecular complexity index is 865. The van der Waals surface area contributed by atoms with Crippen LogP contribution in [-0.4, -0.2) is 53.1 Å². The molecule has 7 nitrogen and oxygen atoms in total. The van der Waals surface area contributed by atoms with Crippen LogP contribution in [0.3, 0.4) is 0 Å². The third-order valence-corrected chi connectivity index (χ3v) is 4.78. The highest BCUT2D eigenvalue weighted by Gasteiger charge is 2.47. The van der Waals surface area contributed by atoms with Crippen LogP contribution in [0.5, 0.6) is 0 Å². The van der Waals surface area contributed by atoms with Crippen molar-refractivity contribution in [3.63, 3.8) is 0 Å². The molecule has 27 heavy (non-hydrogen) atoms. The summed E-state index contributed by atoms with van der Waals surface area (Å²) >= 11 is 0. The first-order valence-electron chi connectivity index (χ1n) is 8.66. The van der Waals surface area contributed by atoms with E-state index in [1.54, 1.807) is 0 Å². The second-order valence-electron chi connectivity index (χ2n) is 6.43. The quantitative estimate of drug-likeness (QED) is 0.793. The molecule has 0 saturated carbocycles. The SMILES string of the molecule is O=c1cc(N2CCOCC2)nc2n1CCC(C(F)(F)F)N2c1ccncc1. The van der Waals surface area contributed by atoms with Crippen LogP contribution >= 0.6 is 0 Å². The lowest BCUT2D eigenvalue weighted by molar-refractivity contribution is -0.150. The molecule has 144 valence electrons. The van der Waals surface area contributed by atoms with Crippen molar-refractivity contribution >= 4 is 17.5 Å². The van der Waals surface area contributed by atoms with Gasteiger partial charge in [0.2, 0.25) is 5.95 Å². The van der Waals surface area contributed by atoms with Crippen molar-refractivity contribution in [2.24, 2.45) is 0 Å². The number of halogens is 3. The van der Waals surface area contributed by atoms with Crippen molar-refractivity contribution in [2.45, 2.75) is 25.2 Å². The molecule has 10 heteroatoms. The first-order chi connectivity index (χ1) is 12.9. The maximum atomic E-state index is 13.7. The average molecular weight is 381 g/mol. The number of morpholine rings is 1. The second-order valence-corrected chi connectivity index (χ2v) is 6.43. The molecule has 4 rings (SSSR count). The average Bonchev–Trinajstić information content (AvgIpc) is 2.67. The maximum absolute atomic E-state index is 13.7. The Morgan fingerprint density at radius 1 is 1.11 bits per heavy atom. The Morgan fingerprint density at radius 3 is 2.48 bits per heavy atom. The summed E-state index contributed by atoms with van der Waals surface area (Å²) in [5.41, 5.74) is -0.0621. The summed E-state index contributed by atoms with van der Waals surface area (Å²) < 4.78 is 47.8. The molecule has 0 spiro atoms. The molecule has 1 unspecified atom stereocenters. The fourth-order valence-electron chi connectivity index (χ4n) is 3.46. The molecular formula is C17H18F3N5O2. The Hall–Kier alpha value is -2.62. The lowest BCUT2D eigenvalue weighted by Crippen LogP contribution is -2.50. The van der Waals surface area contributed by atoms with E-state index in [4.69, 9.17) is 4.74 Å². The van der Waals surface area contributed by atoms with E-state index in [-0.39, 0.29) is 24.5 Å². The minimum Gasteiger partial charge on any atom is -0.378 e. The standard InChI is InChI=1S/C17H18F3N5O2/c18-17(19,20)13-3-6-24-15(26)11-14(23-7-9-27-10-8-23)22-16(24)25(13)12-1-4-21-5-2-12/h1-2,4-5,11,13H,3,6-10H2. The number of nitrogens with zero attached hydrogens (tertiary/aromatic N) is 5. The van der Waals surface area contributed by atoms with Gasteiger partial charge in [-0.15, -0.1) is 0 Å². The monoisotopic (exact) mass is 381 g/mol. The molecule has 4 heterocycles. The van der Waals surface area contributed by atoms with Gasteiger partial charge in [0.05, 0.1) is 13.2 Å². The summed E-state index contributed by atoms with van der Waals surface area (Å²) in [4.78, 5) is 23.9.